The van der Waals surface area contributed by atoms with E-state index in [0.717, 1.165) is 41.8 Å². The third-order valence-corrected chi connectivity index (χ3v) is 3.19. The van der Waals surface area contributed by atoms with Crippen LogP contribution in [0.3, 0.4) is 0 Å². The summed E-state index contributed by atoms with van der Waals surface area (Å²) in [6, 6.07) is 7.75. The maximum atomic E-state index is 11.4. The molecule has 0 aliphatic heterocycles. The Kier molecular flexibility index (Phi) is 7.89. The van der Waals surface area contributed by atoms with Crippen molar-refractivity contribution in [1.29, 1.82) is 0 Å². The summed E-state index contributed by atoms with van der Waals surface area (Å²) in [7, 11) is 6.59. The van der Waals surface area contributed by atoms with Gasteiger partial charge >= 0.3 is 6.09 Å². The Morgan fingerprint density at radius 2 is 1.78 bits per heavy atom. The van der Waals surface area contributed by atoms with E-state index in [9.17, 15) is 4.79 Å². The summed E-state index contributed by atoms with van der Waals surface area (Å²) >= 11 is 0. The summed E-state index contributed by atoms with van der Waals surface area (Å²) in [6.07, 6.45) is 1.81. The highest BCUT2D eigenvalue weighted by atomic mass is 16.5. The lowest BCUT2D eigenvalue weighted by molar-refractivity contribution is -0.870. The number of carbonyl (C=O) groups is 1. The highest BCUT2D eigenvalue weighted by Gasteiger charge is 2.06. The molecule has 0 unspecified atom stereocenters. The maximum absolute atomic E-state index is 11.4. The predicted molar refractivity (Wildman–Crippen MR) is 92.5 cm³/mol. The quantitative estimate of drug-likeness (QED) is 0.561. The molecule has 0 aliphatic rings. The van der Waals surface area contributed by atoms with Crippen LogP contribution in [0, 0.1) is 0 Å². The lowest BCUT2D eigenvalue weighted by Crippen LogP contribution is -2.35. The number of amides is 1. The molecule has 1 aromatic carbocycles. The zero-order valence-electron chi connectivity index (χ0n) is 15.1. The number of unbranched alkanes of at least 4 members (excludes halogenated alkanes) is 1. The Bertz CT molecular complexity index is 464. The molecule has 0 spiro atoms. The molecule has 0 bridgehead atoms. The van der Waals surface area contributed by atoms with Gasteiger partial charge in [0.1, 0.15) is 12.4 Å². The van der Waals surface area contributed by atoms with Crippen LogP contribution in [-0.4, -0.2) is 50.9 Å². The Hall–Kier alpha value is -1.75. The molecule has 0 saturated heterocycles. The number of quaternary nitrogens is 1. The van der Waals surface area contributed by atoms with Crippen LogP contribution < -0.4 is 10.1 Å². The monoisotopic (exact) mass is 323 g/mol. The molecule has 0 aliphatic carbocycles. The molecule has 1 N–H and O–H groups in total. The highest BCUT2D eigenvalue weighted by molar-refractivity contribution is 5.67. The van der Waals surface area contributed by atoms with Crippen LogP contribution in [0.1, 0.15) is 32.3 Å². The summed E-state index contributed by atoms with van der Waals surface area (Å²) < 4.78 is 11.8. The van der Waals surface area contributed by atoms with Crippen molar-refractivity contribution in [1.82, 2.24) is 5.32 Å². The maximum Gasteiger partial charge on any atom is 0.407 e. The van der Waals surface area contributed by atoms with Gasteiger partial charge in [0.2, 0.25) is 0 Å². The molecule has 5 nitrogen and oxygen atoms in total. The van der Waals surface area contributed by atoms with Crippen molar-refractivity contribution >= 4 is 6.09 Å². The van der Waals surface area contributed by atoms with Gasteiger partial charge in [0.15, 0.2) is 0 Å². The third kappa shape index (κ3) is 9.79. The number of carbonyl (C=O) groups excluding carboxylic acids is 1. The van der Waals surface area contributed by atoms with E-state index in [4.69, 9.17) is 9.47 Å². The molecule has 0 radical (unpaired) electrons. The summed E-state index contributed by atoms with van der Waals surface area (Å²) in [5.41, 5.74) is 0.946. The first-order valence-electron chi connectivity index (χ1n) is 8.22. The molecule has 1 rings (SSSR count). The molecule has 0 fully saturated rings. The second-order valence-corrected chi connectivity index (χ2v) is 7.09. The SMILES string of the molecule is CC(C)NC(=O)OCc1ccc(OCCCC[N+](C)(C)C)cc1. The van der Waals surface area contributed by atoms with Gasteiger partial charge < -0.3 is 19.3 Å². The average Bonchev–Trinajstić information content (AvgIpc) is 2.44. The number of benzene rings is 1. The van der Waals surface area contributed by atoms with Crippen LogP contribution in [0.4, 0.5) is 4.79 Å². The van der Waals surface area contributed by atoms with E-state index in [1.54, 1.807) is 0 Å². The zero-order chi connectivity index (χ0) is 17.3. The highest BCUT2D eigenvalue weighted by Crippen LogP contribution is 2.13. The number of nitrogens with one attached hydrogen (secondary N) is 1. The second-order valence-electron chi connectivity index (χ2n) is 7.09. The molecule has 1 aromatic rings. The molecule has 0 heterocycles. The van der Waals surface area contributed by atoms with Crippen LogP contribution in [0.15, 0.2) is 24.3 Å². The minimum Gasteiger partial charge on any atom is -0.494 e. The average molecular weight is 323 g/mol. The van der Waals surface area contributed by atoms with Gasteiger partial charge in [-0.2, -0.15) is 0 Å². The molecule has 130 valence electrons. The number of alkyl carbamates (subject to hydrolysis) is 1. The lowest BCUT2D eigenvalue weighted by atomic mass is 10.2. The third-order valence-electron chi connectivity index (χ3n) is 3.19. The fourth-order valence-electron chi connectivity index (χ4n) is 1.99. The first kappa shape index (κ1) is 19.3. The molecule has 1 amide bonds. The molecule has 0 aromatic heterocycles. The van der Waals surface area contributed by atoms with Crippen LogP contribution >= 0.6 is 0 Å². The van der Waals surface area contributed by atoms with E-state index in [-0.39, 0.29) is 12.6 Å². The smallest absolute Gasteiger partial charge is 0.407 e. The van der Waals surface area contributed by atoms with Gasteiger partial charge in [0.25, 0.3) is 0 Å². The van der Waals surface area contributed by atoms with E-state index < -0.39 is 6.09 Å². The van der Waals surface area contributed by atoms with Gasteiger partial charge in [-0.25, -0.2) is 4.79 Å². The van der Waals surface area contributed by atoms with Gasteiger partial charge in [-0.1, -0.05) is 12.1 Å². The number of rotatable bonds is 9. The normalized spacial score (nSPS) is 11.4. The fourth-order valence-corrected chi connectivity index (χ4v) is 1.99. The predicted octanol–water partition coefficient (Wildman–Crippen LogP) is 3.19. The lowest BCUT2D eigenvalue weighted by Gasteiger charge is -2.23. The Balaban J connectivity index is 2.24. The van der Waals surface area contributed by atoms with Gasteiger partial charge in [-0.05, 0) is 44.4 Å². The van der Waals surface area contributed by atoms with Crippen molar-refractivity contribution in [3.63, 3.8) is 0 Å². The molecular formula is C18H31N2O3+. The Morgan fingerprint density at radius 1 is 1.13 bits per heavy atom. The van der Waals surface area contributed by atoms with E-state index >= 15 is 0 Å². The number of nitrogens with zero attached hydrogens (tertiary/aromatic N) is 1. The minimum atomic E-state index is -0.391. The van der Waals surface area contributed by atoms with Gasteiger partial charge in [-0.15, -0.1) is 0 Å². The first-order valence-corrected chi connectivity index (χ1v) is 8.22. The fraction of sp³-hybridized carbons (Fsp3) is 0.611. The minimum absolute atomic E-state index is 0.0790. The van der Waals surface area contributed by atoms with Crippen molar-refractivity contribution in [2.45, 2.75) is 39.3 Å². The van der Waals surface area contributed by atoms with Crippen molar-refractivity contribution in [2.24, 2.45) is 0 Å². The molecule has 23 heavy (non-hydrogen) atoms. The Morgan fingerprint density at radius 3 is 2.35 bits per heavy atom. The van der Waals surface area contributed by atoms with Crippen LogP contribution in [-0.2, 0) is 11.3 Å². The van der Waals surface area contributed by atoms with E-state index in [1.807, 2.05) is 38.1 Å². The van der Waals surface area contributed by atoms with Gasteiger partial charge in [-0.3, -0.25) is 0 Å². The molecule has 0 atom stereocenters. The standard InChI is InChI=1S/C18H30N2O3/c1-15(2)19-18(21)23-14-16-8-10-17(11-9-16)22-13-7-6-12-20(3,4)5/h8-11,15H,6-7,12-14H2,1-5H3/p+1. The molecule has 0 saturated carbocycles. The van der Waals surface area contributed by atoms with E-state index in [2.05, 4.69) is 26.5 Å². The van der Waals surface area contributed by atoms with Crippen molar-refractivity contribution in [3.05, 3.63) is 29.8 Å². The number of hydrogen-bond donors (Lipinski definition) is 1. The van der Waals surface area contributed by atoms with Crippen molar-refractivity contribution < 1.29 is 18.8 Å². The van der Waals surface area contributed by atoms with Crippen LogP contribution in [0.2, 0.25) is 0 Å². The number of ether oxygens (including phenoxy) is 2. The van der Waals surface area contributed by atoms with Crippen molar-refractivity contribution in [2.75, 3.05) is 34.3 Å². The summed E-state index contributed by atoms with van der Waals surface area (Å²) in [5, 5.41) is 2.69. The molecule has 5 heteroatoms. The topological polar surface area (TPSA) is 47.6 Å². The van der Waals surface area contributed by atoms with E-state index in [1.165, 1.54) is 0 Å². The van der Waals surface area contributed by atoms with Gasteiger partial charge in [0.05, 0.1) is 34.3 Å². The number of hydrogen-bond acceptors (Lipinski definition) is 3. The first-order chi connectivity index (χ1) is 10.8. The largest absolute Gasteiger partial charge is 0.494 e. The van der Waals surface area contributed by atoms with Crippen LogP contribution in [0.25, 0.3) is 0 Å². The summed E-state index contributed by atoms with van der Waals surface area (Å²) in [5.74, 6) is 0.852. The van der Waals surface area contributed by atoms with E-state index in [0.29, 0.717) is 0 Å². The summed E-state index contributed by atoms with van der Waals surface area (Å²) in [4.78, 5) is 11.4. The van der Waals surface area contributed by atoms with Crippen LogP contribution in [0.5, 0.6) is 5.75 Å². The van der Waals surface area contributed by atoms with Gasteiger partial charge in [0, 0.05) is 6.04 Å². The second kappa shape index (κ2) is 9.40. The zero-order valence-corrected chi connectivity index (χ0v) is 15.1. The summed E-state index contributed by atoms with van der Waals surface area (Å²) in [6.45, 7) is 5.94. The molecular weight excluding hydrogens is 292 g/mol. The Labute approximate surface area is 140 Å². The van der Waals surface area contributed by atoms with Crippen molar-refractivity contribution in [3.8, 4) is 5.75 Å².